The largest absolute Gasteiger partial charge is 0.534 e. The molecule has 2 saturated heterocycles. The summed E-state index contributed by atoms with van der Waals surface area (Å²) in [5.74, 6) is -2.77. The standard InChI is InChI=1S/C24H27NO5.C15H7F3O5S.C14H8O3.C9H19NO2/c1-14-12-24(3,23(15(2)30-14)29-13-28-4)25-19-11-7-10-18-20(19)22(27)17-9-6-5-8-16(17)21(18)26;16-15(17,18)24(21,22)23-11-7-3-6-10-12(11)14(20)9-5-2-1-4-8(9)13(10)19;15-11-7-3-6-10-12(11)14(17)9-5-2-1-4-8(9)13(10)16;1-6-7(2)12-8(11-4)5-9(6,3)10/h5-11,14-15,23,25H,12-13H2,1-4H3;1-7H;1-7,15H;6-8H,5,10H2,1-4H3/t14-,15-,23-,24+;;;6-,7-,8+,9+/m0..0/s1. The van der Waals surface area contributed by atoms with Gasteiger partial charge in [0.15, 0.2) is 46.7 Å². The fourth-order valence-electron chi connectivity index (χ4n) is 11.0. The van der Waals surface area contributed by atoms with Crippen molar-refractivity contribution in [1.82, 2.24) is 0 Å². The summed E-state index contributed by atoms with van der Waals surface area (Å²) in [6, 6.07) is 32.5. The number of halogens is 3. The van der Waals surface area contributed by atoms with E-state index in [2.05, 4.69) is 30.3 Å². The van der Waals surface area contributed by atoms with Crippen molar-refractivity contribution in [3.63, 3.8) is 0 Å². The Morgan fingerprint density at radius 3 is 1.51 bits per heavy atom. The lowest BCUT2D eigenvalue weighted by Gasteiger charge is -2.48. The van der Waals surface area contributed by atoms with Gasteiger partial charge >= 0.3 is 15.6 Å². The Morgan fingerprint density at radius 2 is 1.02 bits per heavy atom. The SMILES string of the molecule is COCO[C@H]1[C@H](C)O[C@@H](C)C[C@@]1(C)Nc1cccc2c1C(=O)c1ccccc1C2=O.CO[C@H]1C[C@@](C)(N)[C@@H](C)[C@H](C)O1.O=C1c2ccccc2C(=O)c2c(O)cccc21.O=C1c2ccccc2C(=O)c2c(OS(=O)(=O)C(F)(F)F)cccc21. The minimum absolute atomic E-state index is 0.0116. The Kier molecular flexibility index (Phi) is 17.9. The molecule has 436 valence electrons. The fourth-order valence-corrected chi connectivity index (χ4v) is 11.4. The fraction of sp³-hybridized carbons (Fsp3) is 0.323. The number of alkyl halides is 3. The van der Waals surface area contributed by atoms with Crippen molar-refractivity contribution < 1.29 is 83.3 Å². The average Bonchev–Trinajstić information content (AvgIpc) is 2.13. The monoisotopic (exact) mass is 1160 g/mol. The number of nitrogens with one attached hydrogen (secondary N) is 1. The summed E-state index contributed by atoms with van der Waals surface area (Å²) in [6.07, 6.45) is 1.04. The number of fused-ring (bicyclic) bond motifs is 6. The maximum atomic E-state index is 13.3. The predicted octanol–water partition coefficient (Wildman–Crippen LogP) is 9.80. The van der Waals surface area contributed by atoms with Gasteiger partial charge in [-0.15, -0.1) is 0 Å². The molecule has 2 aliphatic heterocycles. The number of nitrogens with two attached hydrogens (primary N) is 1. The van der Waals surface area contributed by atoms with Gasteiger partial charge in [0.2, 0.25) is 0 Å². The van der Waals surface area contributed by atoms with E-state index in [-0.39, 0.29) is 99.7 Å². The van der Waals surface area contributed by atoms with Crippen LogP contribution in [0.3, 0.4) is 0 Å². The summed E-state index contributed by atoms with van der Waals surface area (Å²) in [4.78, 5) is 75.6. The van der Waals surface area contributed by atoms with Gasteiger partial charge < -0.3 is 44.0 Å². The van der Waals surface area contributed by atoms with Gasteiger partial charge in [-0.05, 0) is 59.2 Å². The van der Waals surface area contributed by atoms with Crippen LogP contribution in [0.5, 0.6) is 11.5 Å². The molecule has 0 radical (unpaired) electrons. The summed E-state index contributed by atoms with van der Waals surface area (Å²) >= 11 is 0. The molecule has 0 bridgehead atoms. The molecule has 8 atom stereocenters. The van der Waals surface area contributed by atoms with Gasteiger partial charge in [-0.3, -0.25) is 28.8 Å². The molecule has 0 spiro atoms. The Hall–Kier alpha value is -7.76. The number of aromatic hydroxyl groups is 1. The van der Waals surface area contributed by atoms with Crippen LogP contribution in [0.4, 0.5) is 18.9 Å². The molecule has 21 heteroatoms. The number of ketones is 6. The van der Waals surface area contributed by atoms with Gasteiger partial charge in [-0.25, -0.2) is 0 Å². The highest BCUT2D eigenvalue weighted by atomic mass is 32.2. The first-order chi connectivity index (χ1) is 39.2. The molecule has 5 aliphatic rings. The van der Waals surface area contributed by atoms with Crippen molar-refractivity contribution in [2.24, 2.45) is 11.7 Å². The second kappa shape index (κ2) is 24.2. The van der Waals surface area contributed by atoms with Crippen LogP contribution in [0, 0.1) is 5.92 Å². The number of methoxy groups -OCH3 is 2. The summed E-state index contributed by atoms with van der Waals surface area (Å²) in [5, 5.41) is 13.3. The maximum Gasteiger partial charge on any atom is 0.534 e. The Bertz CT molecular complexity index is 3660. The second-order valence-corrected chi connectivity index (χ2v) is 22.6. The predicted molar refractivity (Wildman–Crippen MR) is 298 cm³/mol. The Morgan fingerprint density at radius 1 is 0.590 bits per heavy atom. The molecule has 0 amide bonds. The van der Waals surface area contributed by atoms with Crippen LogP contribution in [-0.4, -0.2) is 117 Å². The molecule has 83 heavy (non-hydrogen) atoms. The molecular weight excluding hydrogens is 1100 g/mol. The summed E-state index contributed by atoms with van der Waals surface area (Å²) in [7, 11) is -2.73. The van der Waals surface area contributed by atoms with Crippen molar-refractivity contribution in [2.45, 2.75) is 102 Å². The minimum atomic E-state index is -5.97. The first kappa shape index (κ1) is 61.3. The number of hydrogen-bond donors (Lipinski definition) is 3. The lowest BCUT2D eigenvalue weighted by Crippen LogP contribution is -2.59. The third-order valence-corrected chi connectivity index (χ3v) is 16.2. The molecule has 2 fully saturated rings. The normalized spacial score (nSPS) is 24.0. The van der Waals surface area contributed by atoms with Crippen LogP contribution in [0.2, 0.25) is 0 Å². The van der Waals surface area contributed by atoms with E-state index in [0.717, 1.165) is 18.6 Å². The van der Waals surface area contributed by atoms with E-state index in [1.54, 1.807) is 87.0 Å². The molecule has 0 unspecified atom stereocenters. The Balaban J connectivity index is 0.000000152. The maximum absolute atomic E-state index is 13.3. The molecule has 2 heterocycles. The quantitative estimate of drug-likeness (QED) is 0.0727. The van der Waals surface area contributed by atoms with Crippen LogP contribution in [0.15, 0.2) is 127 Å². The summed E-state index contributed by atoms with van der Waals surface area (Å²) in [5.41, 5.74) is 2.61. The number of hydrogen-bond acceptors (Lipinski definition) is 17. The van der Waals surface area contributed by atoms with E-state index in [1.807, 2.05) is 26.8 Å². The third kappa shape index (κ3) is 12.2. The van der Waals surface area contributed by atoms with E-state index >= 15 is 0 Å². The smallest absolute Gasteiger partial charge is 0.507 e. The molecular formula is C62H61F3N2O15S. The minimum Gasteiger partial charge on any atom is -0.507 e. The lowest BCUT2D eigenvalue weighted by molar-refractivity contribution is -0.208. The first-order valence-electron chi connectivity index (χ1n) is 26.3. The zero-order valence-electron chi connectivity index (χ0n) is 46.5. The van der Waals surface area contributed by atoms with Crippen LogP contribution in [0.1, 0.15) is 150 Å². The number of phenols is 1. The zero-order chi connectivity index (χ0) is 60.5. The molecule has 6 aromatic carbocycles. The lowest BCUT2D eigenvalue weighted by atomic mass is 9.79. The molecule has 0 aromatic heterocycles. The number of benzene rings is 6. The van der Waals surface area contributed by atoms with Crippen molar-refractivity contribution in [1.29, 1.82) is 0 Å². The molecule has 17 nitrogen and oxygen atoms in total. The number of carbonyl (C=O) groups excluding carboxylic acids is 6. The van der Waals surface area contributed by atoms with Crippen molar-refractivity contribution in [3.8, 4) is 11.5 Å². The molecule has 4 N–H and O–H groups in total. The highest BCUT2D eigenvalue weighted by molar-refractivity contribution is 7.88. The first-order valence-corrected chi connectivity index (χ1v) is 27.7. The van der Waals surface area contributed by atoms with E-state index in [4.69, 9.17) is 29.4 Å². The van der Waals surface area contributed by atoms with Gasteiger partial charge in [-0.2, -0.15) is 21.6 Å². The van der Waals surface area contributed by atoms with E-state index in [9.17, 15) is 55.5 Å². The Labute approximate surface area is 477 Å². The van der Waals surface area contributed by atoms with Crippen molar-refractivity contribution in [2.75, 3.05) is 26.3 Å². The van der Waals surface area contributed by atoms with Gasteiger partial charge in [0.25, 0.3) is 0 Å². The molecule has 3 aliphatic carbocycles. The van der Waals surface area contributed by atoms with Crippen LogP contribution in [-0.2, 0) is 33.8 Å². The number of carbonyl (C=O) groups is 6. The highest BCUT2D eigenvalue weighted by Gasteiger charge is 2.50. The van der Waals surface area contributed by atoms with Crippen LogP contribution in [0.25, 0.3) is 0 Å². The van der Waals surface area contributed by atoms with Gasteiger partial charge in [-0.1, -0.05) is 116 Å². The number of anilines is 1. The topological polar surface area (TPSA) is 250 Å². The highest BCUT2D eigenvalue weighted by Crippen LogP contribution is 2.40. The number of ether oxygens (including phenoxy) is 5. The molecule has 11 rings (SSSR count). The van der Waals surface area contributed by atoms with E-state index in [1.165, 1.54) is 36.4 Å². The van der Waals surface area contributed by atoms with Crippen LogP contribution >= 0.6 is 0 Å². The average molecular weight is 1160 g/mol. The molecule has 0 saturated carbocycles. The van der Waals surface area contributed by atoms with Gasteiger partial charge in [0.1, 0.15) is 18.6 Å². The van der Waals surface area contributed by atoms with E-state index in [0.29, 0.717) is 51.4 Å². The van der Waals surface area contributed by atoms with Crippen LogP contribution < -0.4 is 15.2 Å². The second-order valence-electron chi connectivity index (χ2n) is 21.1. The summed E-state index contributed by atoms with van der Waals surface area (Å²) in [6.45, 7) is 12.4. The number of rotatable bonds is 8. The molecule has 6 aromatic rings. The number of phenolic OH excluding ortho intramolecular Hbond substituents is 1. The third-order valence-electron chi connectivity index (χ3n) is 15.3. The van der Waals surface area contributed by atoms with Gasteiger partial charge in [0.05, 0.1) is 40.5 Å². The zero-order valence-corrected chi connectivity index (χ0v) is 47.3. The van der Waals surface area contributed by atoms with Gasteiger partial charge in [0, 0.05) is 87.9 Å². The van der Waals surface area contributed by atoms with E-state index < -0.39 is 44.0 Å². The summed E-state index contributed by atoms with van der Waals surface area (Å²) < 4.78 is 91.8. The van der Waals surface area contributed by atoms with Crippen molar-refractivity contribution >= 4 is 50.5 Å². The van der Waals surface area contributed by atoms with Crippen molar-refractivity contribution in [3.05, 3.63) is 194 Å².